The zero-order valence-corrected chi connectivity index (χ0v) is 46.1. The minimum atomic E-state index is -6.13. The van der Waals surface area contributed by atoms with Crippen molar-refractivity contribution in [3.63, 3.8) is 0 Å². The van der Waals surface area contributed by atoms with Crippen molar-refractivity contribution in [3.8, 4) is 11.6 Å². The standard InChI is InChI=1S/C33H22NO2.C32H12BF24/c35-29(23-8-2-1-3-9-23)21-34-20-19-22-7-4-5-12-27(22)33(34)36-30-18-16-26-14-13-24-10-6-11-25-15-17-28(30)32(26)31(24)25;34-25(35,36)13-1-14(26(37,38)39)6-21(5-13)33(22-7-15(27(40,41)42)2-16(8-22)28(43,44)45,23-9-17(29(46,47)48)3-18(10-23)30(49,50)51)24-11-19(31(52,53)54)4-20(12-24)32(55,56)57/h1-20H,21H2;1-12H/q+1;-1. The van der Waals surface area contributed by atoms with Crippen molar-refractivity contribution in [2.45, 2.75) is 56.0 Å². The first-order valence-electron chi connectivity index (χ1n) is 26.7. The summed E-state index contributed by atoms with van der Waals surface area (Å²) in [5, 5.41) is 9.17. The number of aromatic nitrogens is 1. The molecule has 0 saturated heterocycles. The second-order valence-corrected chi connectivity index (χ2v) is 21.4. The number of hydrogen-bond acceptors (Lipinski definition) is 2. The van der Waals surface area contributed by atoms with E-state index >= 15 is 0 Å². The van der Waals surface area contributed by atoms with Crippen LogP contribution in [0.4, 0.5) is 105 Å². The minimum absolute atomic E-state index is 0.0381. The number of ketones is 1. The van der Waals surface area contributed by atoms with E-state index in [-0.39, 0.29) is 12.3 Å². The Morgan fingerprint density at radius 3 is 1.02 bits per heavy atom. The highest BCUT2D eigenvalue weighted by Gasteiger charge is 2.47. The Balaban J connectivity index is 0.000000223. The quantitative estimate of drug-likeness (QED) is 0.0474. The van der Waals surface area contributed by atoms with Crippen LogP contribution < -0.4 is 31.2 Å². The molecule has 11 rings (SSSR count). The highest BCUT2D eigenvalue weighted by Crippen LogP contribution is 2.44. The molecule has 0 saturated carbocycles. The van der Waals surface area contributed by atoms with Gasteiger partial charge in [0.25, 0.3) is 0 Å². The number of carbonyl (C=O) groups excluding carboxylic acids is 1. The smallest absolute Gasteiger partial charge is 0.404 e. The van der Waals surface area contributed by atoms with E-state index in [1.54, 1.807) is 0 Å². The van der Waals surface area contributed by atoms with Crippen LogP contribution in [0.3, 0.4) is 0 Å². The minimum Gasteiger partial charge on any atom is -0.404 e. The number of hydrogen-bond donors (Lipinski definition) is 0. The summed E-state index contributed by atoms with van der Waals surface area (Å²) in [5.74, 6) is 1.47. The predicted molar refractivity (Wildman–Crippen MR) is 295 cm³/mol. The lowest BCUT2D eigenvalue weighted by Crippen LogP contribution is -2.75. The maximum atomic E-state index is 14.2. The third-order valence-electron chi connectivity index (χ3n) is 15.4. The third kappa shape index (κ3) is 13.4. The van der Waals surface area contributed by atoms with Gasteiger partial charge in [0.2, 0.25) is 12.3 Å². The van der Waals surface area contributed by atoms with E-state index in [1.807, 2.05) is 71.4 Å². The van der Waals surface area contributed by atoms with Gasteiger partial charge in [0.15, 0.2) is 6.20 Å². The zero-order chi connectivity index (χ0) is 68.0. The normalized spacial score (nSPS) is 13.2. The second kappa shape index (κ2) is 23.3. The number of Topliss-reactive ketones (excluding diaryl/α,β-unsaturated/α-hetero) is 1. The Hall–Kier alpha value is -9.50. The Morgan fingerprint density at radius 2 is 0.645 bits per heavy atom. The summed E-state index contributed by atoms with van der Waals surface area (Å²) in [6, 6.07) is 30.0. The highest BCUT2D eigenvalue weighted by atomic mass is 19.4. The predicted octanol–water partition coefficient (Wildman–Crippen LogP) is 18.9. The van der Waals surface area contributed by atoms with Crippen LogP contribution in [0.25, 0.3) is 43.1 Å². The van der Waals surface area contributed by atoms with Gasteiger partial charge in [0.05, 0.1) is 49.9 Å². The number of fused-ring (bicyclic) bond motifs is 1. The van der Waals surface area contributed by atoms with Crippen molar-refractivity contribution in [3.05, 3.63) is 244 Å². The Kier molecular flexibility index (Phi) is 16.6. The van der Waals surface area contributed by atoms with E-state index in [4.69, 9.17) is 4.74 Å². The molecule has 0 aliphatic rings. The van der Waals surface area contributed by atoms with Gasteiger partial charge in [-0.15, -0.1) is 0 Å². The summed E-state index contributed by atoms with van der Waals surface area (Å²) in [5.41, 5.74) is -29.5. The van der Waals surface area contributed by atoms with Crippen LogP contribution in [-0.4, -0.2) is 11.9 Å². The van der Waals surface area contributed by atoms with Crippen LogP contribution in [0, 0.1) is 0 Å². The van der Waals surface area contributed by atoms with E-state index in [0.29, 0.717) is 11.4 Å². The van der Waals surface area contributed by atoms with E-state index in [2.05, 4.69) is 54.6 Å². The van der Waals surface area contributed by atoms with Gasteiger partial charge in [0.1, 0.15) is 11.9 Å². The van der Waals surface area contributed by atoms with Gasteiger partial charge in [-0.25, -0.2) is 0 Å². The van der Waals surface area contributed by atoms with Crippen molar-refractivity contribution in [1.82, 2.24) is 0 Å². The molecule has 10 aromatic carbocycles. The van der Waals surface area contributed by atoms with Crippen LogP contribution in [0.5, 0.6) is 11.6 Å². The van der Waals surface area contributed by atoms with Gasteiger partial charge in [-0.1, -0.05) is 140 Å². The Labute approximate surface area is 506 Å². The summed E-state index contributed by atoms with van der Waals surface area (Å²) in [6.07, 6.45) is -52.9. The molecular weight excluding hydrogens is 1290 g/mol. The van der Waals surface area contributed by atoms with E-state index < -0.39 is 195 Å². The first-order valence-corrected chi connectivity index (χ1v) is 26.7. The molecule has 0 spiro atoms. The number of rotatable bonds is 9. The lowest BCUT2D eigenvalue weighted by atomic mass is 9.12. The monoisotopic (exact) mass is 1330 g/mol. The molecule has 0 aliphatic heterocycles. The molecule has 0 N–H and O–H groups in total. The van der Waals surface area contributed by atoms with Crippen LogP contribution in [-0.2, 0) is 56.0 Å². The molecule has 0 atom stereocenters. The maximum Gasteiger partial charge on any atom is 0.416 e. The number of benzene rings is 10. The van der Waals surface area contributed by atoms with Crippen molar-refractivity contribution in [1.29, 1.82) is 0 Å². The summed E-state index contributed by atoms with van der Waals surface area (Å²) in [4.78, 5) is 13.1. The number of pyridine rings is 1. The molecule has 1 heterocycles. The molecule has 93 heavy (non-hydrogen) atoms. The second-order valence-electron chi connectivity index (χ2n) is 21.4. The number of nitrogens with zero attached hydrogens (tertiary/aromatic N) is 1. The zero-order valence-electron chi connectivity index (χ0n) is 46.1. The summed E-state index contributed by atoms with van der Waals surface area (Å²) >= 11 is 0. The fraction of sp³-hybridized carbons (Fsp3) is 0.138. The molecule has 0 amide bonds. The van der Waals surface area contributed by atoms with Crippen LogP contribution >= 0.6 is 0 Å². The molecule has 0 bridgehead atoms. The number of alkyl halides is 24. The molecule has 3 nitrogen and oxygen atoms in total. The lowest BCUT2D eigenvalue weighted by molar-refractivity contribution is -0.685. The van der Waals surface area contributed by atoms with Gasteiger partial charge in [-0.3, -0.25) is 4.79 Å². The molecular formula is C65H34BF24NO2. The fourth-order valence-electron chi connectivity index (χ4n) is 11.3. The van der Waals surface area contributed by atoms with Crippen molar-refractivity contribution in [2.24, 2.45) is 0 Å². The summed E-state index contributed by atoms with van der Waals surface area (Å²) < 4.78 is 349. The molecule has 0 fully saturated rings. The highest BCUT2D eigenvalue weighted by molar-refractivity contribution is 7.20. The first kappa shape index (κ1) is 66.4. The van der Waals surface area contributed by atoms with Gasteiger partial charge in [0, 0.05) is 22.4 Å². The maximum absolute atomic E-state index is 14.2. The van der Waals surface area contributed by atoms with Crippen LogP contribution in [0.15, 0.2) is 194 Å². The first-order chi connectivity index (χ1) is 43.0. The molecule has 0 aliphatic carbocycles. The molecule has 28 heteroatoms. The lowest BCUT2D eigenvalue weighted by Gasteiger charge is -2.46. The molecule has 1 aromatic heterocycles. The Bertz CT molecular complexity index is 4200. The fourth-order valence-corrected chi connectivity index (χ4v) is 11.3. The average molecular weight is 1330 g/mol. The van der Waals surface area contributed by atoms with Crippen LogP contribution in [0.2, 0.25) is 0 Å². The van der Waals surface area contributed by atoms with E-state index in [0.717, 1.165) is 21.9 Å². The molecule has 0 radical (unpaired) electrons. The third-order valence-corrected chi connectivity index (χ3v) is 15.4. The van der Waals surface area contributed by atoms with Crippen molar-refractivity contribution >= 4 is 76.9 Å². The SMILES string of the molecule is FC(F)(F)c1cc([B-](c2cc(C(F)(F)F)cc(C(F)(F)F)c2)(c2cc(C(F)(F)F)cc(C(F)(F)F)c2)c2cc(C(F)(F)F)cc(C(F)(F)F)c2)cc(C(F)(F)F)c1.O=C(C[n+]1ccc2ccccc2c1Oc1ccc2ccc3cccc4ccc1c2c34)c1ccccc1. The molecule has 11 aromatic rings. The van der Waals surface area contributed by atoms with E-state index in [1.165, 1.54) is 26.9 Å². The topological polar surface area (TPSA) is 30.2 Å². The Morgan fingerprint density at radius 1 is 0.323 bits per heavy atom. The van der Waals surface area contributed by atoms with E-state index in [9.17, 15) is 110 Å². The van der Waals surface area contributed by atoms with Crippen molar-refractivity contribution < 1.29 is 119 Å². The van der Waals surface area contributed by atoms with Gasteiger partial charge in [-0.05, 0) is 69.4 Å². The van der Waals surface area contributed by atoms with Crippen molar-refractivity contribution in [2.75, 3.05) is 0 Å². The summed E-state index contributed by atoms with van der Waals surface area (Å²) in [6.45, 7) is 0.190. The van der Waals surface area contributed by atoms with Gasteiger partial charge >= 0.3 is 55.3 Å². The van der Waals surface area contributed by atoms with Crippen LogP contribution in [0.1, 0.15) is 54.9 Å². The summed E-state index contributed by atoms with van der Waals surface area (Å²) in [7, 11) is 0. The number of ether oxygens (including phenoxy) is 1. The van der Waals surface area contributed by atoms with Gasteiger partial charge < -0.3 is 4.74 Å². The molecule has 0 unspecified atom stereocenters. The average Bonchev–Trinajstić information content (AvgIpc) is 0.713. The number of halogens is 24. The number of carbonyl (C=O) groups is 1. The molecule has 482 valence electrons. The van der Waals surface area contributed by atoms with Gasteiger partial charge in [-0.2, -0.15) is 132 Å². The largest absolute Gasteiger partial charge is 0.416 e.